The third-order valence-electron chi connectivity index (χ3n) is 5.95. The van der Waals surface area contributed by atoms with Gasteiger partial charge in [-0.2, -0.15) is 0 Å². The molecule has 0 bridgehead atoms. The van der Waals surface area contributed by atoms with Gasteiger partial charge < -0.3 is 14.8 Å². The van der Waals surface area contributed by atoms with Crippen LogP contribution in [-0.4, -0.2) is 42.4 Å². The number of hydrogen-bond donors (Lipinski definition) is 2. The lowest BCUT2D eigenvalue weighted by Crippen LogP contribution is -2.54. The smallest absolute Gasteiger partial charge is 0.335 e. The molecule has 0 unspecified atom stereocenters. The molecule has 0 atom stereocenters. The second-order valence-corrected chi connectivity index (χ2v) is 8.80. The zero-order chi connectivity index (χ0) is 29.0. The Morgan fingerprint density at radius 3 is 2.42 bits per heavy atom. The molecule has 40 heavy (non-hydrogen) atoms. The van der Waals surface area contributed by atoms with Gasteiger partial charge >= 0.3 is 6.03 Å². The van der Waals surface area contributed by atoms with Crippen molar-refractivity contribution in [3.8, 4) is 11.5 Å². The number of nitrogens with one attached hydrogen (secondary N) is 2. The van der Waals surface area contributed by atoms with Crippen LogP contribution in [0.4, 0.5) is 21.9 Å². The van der Waals surface area contributed by atoms with Gasteiger partial charge in [0.25, 0.3) is 23.4 Å². The maximum atomic E-state index is 13.1. The number of nitro groups is 1. The van der Waals surface area contributed by atoms with E-state index < -0.39 is 22.8 Å². The number of non-ortho nitro benzene ring substituents is 1. The van der Waals surface area contributed by atoms with E-state index in [-0.39, 0.29) is 41.0 Å². The highest BCUT2D eigenvalue weighted by Gasteiger charge is 2.37. The van der Waals surface area contributed by atoms with E-state index in [2.05, 4.69) is 10.6 Å². The summed E-state index contributed by atoms with van der Waals surface area (Å²) in [5, 5.41) is 15.8. The fraction of sp³-hybridized carbons (Fsp3) is 0.143. The number of ether oxygens (including phenoxy) is 2. The van der Waals surface area contributed by atoms with E-state index in [1.165, 1.54) is 37.5 Å². The average Bonchev–Trinajstić information content (AvgIpc) is 2.92. The van der Waals surface area contributed by atoms with Gasteiger partial charge in [-0.25, -0.2) is 9.69 Å². The summed E-state index contributed by atoms with van der Waals surface area (Å²) in [6.07, 6.45) is 1.27. The van der Waals surface area contributed by atoms with Gasteiger partial charge in [-0.3, -0.25) is 29.8 Å². The number of amides is 5. The zero-order valence-electron chi connectivity index (χ0n) is 21.7. The predicted octanol–water partition coefficient (Wildman–Crippen LogP) is 3.90. The molecule has 0 spiro atoms. The van der Waals surface area contributed by atoms with Gasteiger partial charge in [0.2, 0.25) is 0 Å². The largest absolute Gasteiger partial charge is 0.493 e. The van der Waals surface area contributed by atoms with Crippen molar-refractivity contribution in [3.63, 3.8) is 0 Å². The van der Waals surface area contributed by atoms with Crippen LogP contribution in [0.1, 0.15) is 16.7 Å². The van der Waals surface area contributed by atoms with Crippen LogP contribution in [-0.2, 0) is 14.4 Å². The van der Waals surface area contributed by atoms with Crippen molar-refractivity contribution in [2.75, 3.05) is 23.9 Å². The molecule has 1 aliphatic rings. The summed E-state index contributed by atoms with van der Waals surface area (Å²) in [5.74, 6) is -1.70. The fourth-order valence-electron chi connectivity index (χ4n) is 3.88. The lowest BCUT2D eigenvalue weighted by Gasteiger charge is -2.26. The molecule has 3 aromatic rings. The summed E-state index contributed by atoms with van der Waals surface area (Å²) in [4.78, 5) is 61.5. The summed E-state index contributed by atoms with van der Waals surface area (Å²) in [7, 11) is 1.39. The lowest BCUT2D eigenvalue weighted by molar-refractivity contribution is -0.384. The van der Waals surface area contributed by atoms with Crippen LogP contribution < -0.4 is 25.0 Å². The molecule has 12 heteroatoms. The van der Waals surface area contributed by atoms with Gasteiger partial charge in [-0.15, -0.1) is 0 Å². The summed E-state index contributed by atoms with van der Waals surface area (Å²) in [6.45, 7) is 3.50. The van der Waals surface area contributed by atoms with E-state index in [4.69, 9.17) is 9.47 Å². The number of benzene rings is 3. The minimum absolute atomic E-state index is 0.0481. The van der Waals surface area contributed by atoms with Crippen molar-refractivity contribution < 1.29 is 33.6 Å². The third-order valence-corrected chi connectivity index (χ3v) is 5.95. The monoisotopic (exact) mass is 544 g/mol. The molecule has 2 N–H and O–H groups in total. The fourth-order valence-corrected chi connectivity index (χ4v) is 3.88. The highest BCUT2D eigenvalue weighted by atomic mass is 16.6. The highest BCUT2D eigenvalue weighted by Crippen LogP contribution is 2.30. The van der Waals surface area contributed by atoms with E-state index in [0.717, 1.165) is 23.3 Å². The van der Waals surface area contributed by atoms with Gasteiger partial charge in [-0.05, 0) is 66.9 Å². The highest BCUT2D eigenvalue weighted by molar-refractivity contribution is 6.39. The Kier molecular flexibility index (Phi) is 7.89. The van der Waals surface area contributed by atoms with Crippen molar-refractivity contribution in [1.82, 2.24) is 5.32 Å². The molecule has 204 valence electrons. The number of nitro benzene ring substituents is 1. The number of anilines is 2. The number of imide groups is 2. The first-order chi connectivity index (χ1) is 19.1. The number of hydrogen-bond acceptors (Lipinski definition) is 8. The Morgan fingerprint density at radius 1 is 1.02 bits per heavy atom. The molecule has 4 rings (SSSR count). The van der Waals surface area contributed by atoms with Crippen molar-refractivity contribution in [1.29, 1.82) is 0 Å². The quantitative estimate of drug-likeness (QED) is 0.187. The topological polar surface area (TPSA) is 157 Å². The summed E-state index contributed by atoms with van der Waals surface area (Å²) < 4.78 is 11.0. The number of methoxy groups -OCH3 is 1. The molecule has 1 heterocycles. The maximum Gasteiger partial charge on any atom is 0.335 e. The first-order valence-electron chi connectivity index (χ1n) is 11.9. The van der Waals surface area contributed by atoms with Crippen LogP contribution in [0.2, 0.25) is 0 Å². The number of barbiturate groups is 1. The number of carbonyl (C=O) groups excluding carboxylic acids is 4. The van der Waals surface area contributed by atoms with Gasteiger partial charge in [-0.1, -0.05) is 18.2 Å². The minimum Gasteiger partial charge on any atom is -0.493 e. The van der Waals surface area contributed by atoms with Crippen LogP contribution in [0, 0.1) is 24.0 Å². The molecule has 1 fully saturated rings. The summed E-state index contributed by atoms with van der Waals surface area (Å²) in [5.41, 5.74) is 2.44. The van der Waals surface area contributed by atoms with E-state index in [0.29, 0.717) is 16.2 Å². The summed E-state index contributed by atoms with van der Waals surface area (Å²) in [6, 6.07) is 14.0. The number of aryl methyl sites for hydroxylation is 2. The molecule has 0 radical (unpaired) electrons. The Labute approximate surface area is 228 Å². The normalized spacial score (nSPS) is 14.1. The maximum absolute atomic E-state index is 13.1. The molecular formula is C28H24N4O8. The Balaban J connectivity index is 1.51. The molecule has 0 saturated carbocycles. The Morgan fingerprint density at radius 2 is 1.75 bits per heavy atom. The summed E-state index contributed by atoms with van der Waals surface area (Å²) >= 11 is 0. The zero-order valence-corrected chi connectivity index (χ0v) is 21.7. The van der Waals surface area contributed by atoms with Crippen LogP contribution in [0.25, 0.3) is 6.08 Å². The van der Waals surface area contributed by atoms with Crippen molar-refractivity contribution in [3.05, 3.63) is 93.0 Å². The molecule has 1 saturated heterocycles. The van der Waals surface area contributed by atoms with Gasteiger partial charge in [0.15, 0.2) is 18.1 Å². The number of urea groups is 1. The molecule has 5 amide bonds. The first-order valence-corrected chi connectivity index (χ1v) is 11.9. The lowest BCUT2D eigenvalue weighted by atomic mass is 10.1. The molecule has 0 aliphatic carbocycles. The second kappa shape index (κ2) is 11.5. The SMILES string of the molecule is COc1cc(/C=C2/C(=O)NC(=O)N(c3ccc([N+](=O)[O-])cc3)C2=O)ccc1OCC(=O)Nc1cc(C)ccc1C. The molecule has 0 aromatic heterocycles. The minimum atomic E-state index is -0.985. The molecule has 1 aliphatic heterocycles. The Bertz CT molecular complexity index is 1560. The number of rotatable bonds is 8. The predicted molar refractivity (Wildman–Crippen MR) is 145 cm³/mol. The van der Waals surface area contributed by atoms with E-state index in [1.54, 1.807) is 6.07 Å². The number of nitrogens with zero attached hydrogens (tertiary/aromatic N) is 2. The van der Waals surface area contributed by atoms with Crippen molar-refractivity contribution >= 4 is 46.9 Å². The first kappa shape index (κ1) is 27.5. The van der Waals surface area contributed by atoms with Gasteiger partial charge in [0.1, 0.15) is 5.57 Å². The van der Waals surface area contributed by atoms with E-state index in [1.807, 2.05) is 32.0 Å². The second-order valence-electron chi connectivity index (χ2n) is 8.80. The third kappa shape index (κ3) is 5.96. The molecule has 12 nitrogen and oxygen atoms in total. The average molecular weight is 545 g/mol. The van der Waals surface area contributed by atoms with Crippen LogP contribution in [0.3, 0.4) is 0 Å². The standard InChI is InChI=1S/C28H24N4O8/c1-16-4-5-17(2)22(12-16)29-25(33)15-40-23-11-6-18(14-24(23)39-3)13-21-26(34)30-28(36)31(27(21)35)19-7-9-20(10-8-19)32(37)38/h4-14H,15H2,1-3H3,(H,29,33)(H,30,34,36)/b21-13-. The molecule has 3 aromatic carbocycles. The number of carbonyl (C=O) groups is 4. The van der Waals surface area contributed by atoms with E-state index >= 15 is 0 Å². The molecular weight excluding hydrogens is 520 g/mol. The van der Waals surface area contributed by atoms with Gasteiger partial charge in [0.05, 0.1) is 17.7 Å². The van der Waals surface area contributed by atoms with Crippen LogP contribution >= 0.6 is 0 Å². The Hall–Kier alpha value is -5.52. The van der Waals surface area contributed by atoms with Crippen LogP contribution in [0.5, 0.6) is 11.5 Å². The van der Waals surface area contributed by atoms with Crippen molar-refractivity contribution in [2.45, 2.75) is 13.8 Å². The van der Waals surface area contributed by atoms with Crippen LogP contribution in [0.15, 0.2) is 66.2 Å². The van der Waals surface area contributed by atoms with E-state index in [9.17, 15) is 29.3 Å². The van der Waals surface area contributed by atoms with Crippen molar-refractivity contribution in [2.24, 2.45) is 0 Å². The van der Waals surface area contributed by atoms with Gasteiger partial charge in [0, 0.05) is 17.8 Å².